The first-order valence-electron chi connectivity index (χ1n) is 6.38. The van der Waals surface area contributed by atoms with E-state index in [2.05, 4.69) is 5.32 Å². The number of nitrogens with one attached hydrogen (secondary N) is 1. The van der Waals surface area contributed by atoms with Crippen molar-refractivity contribution in [1.82, 2.24) is 5.32 Å². The second-order valence-corrected chi connectivity index (χ2v) is 4.41. The van der Waals surface area contributed by atoms with Crippen LogP contribution >= 0.6 is 0 Å². The number of methoxy groups -OCH3 is 1. The maximum Gasteiger partial charge on any atom is 0.326 e. The lowest BCUT2D eigenvalue weighted by Crippen LogP contribution is -2.43. The standard InChI is InChI=1S/C14H19NO6/c1-9-3-4-11(12(7-9)20-2)21-8-13(17)15-10(5-6-16)14(18)19/h3-4,7,10,16H,5-6,8H2,1-2H3,(H,15,17)(H,18,19)/t10-/m1/s1. The predicted octanol–water partition coefficient (Wildman–Crippen LogP) is 0.334. The lowest BCUT2D eigenvalue weighted by molar-refractivity contribution is -0.142. The molecule has 0 aromatic heterocycles. The molecular weight excluding hydrogens is 278 g/mol. The Balaban J connectivity index is 2.58. The maximum absolute atomic E-state index is 11.7. The first-order valence-corrected chi connectivity index (χ1v) is 6.38. The largest absolute Gasteiger partial charge is 0.493 e. The van der Waals surface area contributed by atoms with Gasteiger partial charge in [-0.1, -0.05) is 6.07 Å². The predicted molar refractivity (Wildman–Crippen MR) is 74.5 cm³/mol. The third kappa shape index (κ3) is 5.31. The monoisotopic (exact) mass is 297 g/mol. The normalized spacial score (nSPS) is 11.6. The summed E-state index contributed by atoms with van der Waals surface area (Å²) in [5.41, 5.74) is 0.984. The molecule has 0 fully saturated rings. The summed E-state index contributed by atoms with van der Waals surface area (Å²) in [6.45, 7) is 1.23. The number of aliphatic hydroxyl groups is 1. The van der Waals surface area contributed by atoms with E-state index < -0.39 is 17.9 Å². The van der Waals surface area contributed by atoms with Crippen molar-refractivity contribution in [3.05, 3.63) is 23.8 Å². The summed E-state index contributed by atoms with van der Waals surface area (Å²) in [5.74, 6) is -0.899. The minimum atomic E-state index is -1.20. The number of amides is 1. The zero-order valence-corrected chi connectivity index (χ0v) is 12.0. The SMILES string of the molecule is COc1cc(C)ccc1OCC(=O)N[C@H](CCO)C(=O)O. The molecule has 0 spiro atoms. The van der Waals surface area contributed by atoms with Crippen molar-refractivity contribution in [2.75, 3.05) is 20.3 Å². The Bertz CT molecular complexity index is 502. The third-order valence-corrected chi connectivity index (χ3v) is 2.73. The van der Waals surface area contributed by atoms with Gasteiger partial charge in [-0.25, -0.2) is 4.79 Å². The van der Waals surface area contributed by atoms with Gasteiger partial charge in [0.2, 0.25) is 0 Å². The van der Waals surface area contributed by atoms with Crippen molar-refractivity contribution in [3.8, 4) is 11.5 Å². The van der Waals surface area contributed by atoms with Crippen LogP contribution in [0.2, 0.25) is 0 Å². The lowest BCUT2D eigenvalue weighted by atomic mass is 10.2. The highest BCUT2D eigenvalue weighted by molar-refractivity contribution is 5.84. The minimum absolute atomic E-state index is 0.0606. The molecule has 0 heterocycles. The lowest BCUT2D eigenvalue weighted by Gasteiger charge is -2.14. The molecule has 3 N–H and O–H groups in total. The van der Waals surface area contributed by atoms with E-state index in [0.29, 0.717) is 11.5 Å². The van der Waals surface area contributed by atoms with E-state index in [0.717, 1.165) is 5.56 Å². The Morgan fingerprint density at radius 2 is 2.05 bits per heavy atom. The minimum Gasteiger partial charge on any atom is -0.493 e. The summed E-state index contributed by atoms with van der Waals surface area (Å²) in [7, 11) is 1.49. The molecule has 116 valence electrons. The number of carboxylic acids is 1. The molecule has 0 aliphatic carbocycles. The first-order chi connectivity index (χ1) is 9.97. The van der Waals surface area contributed by atoms with Gasteiger partial charge in [-0.15, -0.1) is 0 Å². The smallest absolute Gasteiger partial charge is 0.326 e. The van der Waals surface area contributed by atoms with E-state index in [1.807, 2.05) is 13.0 Å². The topological polar surface area (TPSA) is 105 Å². The highest BCUT2D eigenvalue weighted by atomic mass is 16.5. The summed E-state index contributed by atoms with van der Waals surface area (Å²) in [6.07, 6.45) is -0.0606. The van der Waals surface area contributed by atoms with Crippen LogP contribution < -0.4 is 14.8 Å². The molecule has 21 heavy (non-hydrogen) atoms. The number of ether oxygens (including phenoxy) is 2. The van der Waals surface area contributed by atoms with Gasteiger partial charge in [0.05, 0.1) is 7.11 Å². The van der Waals surface area contributed by atoms with E-state index in [1.165, 1.54) is 7.11 Å². The van der Waals surface area contributed by atoms with E-state index in [9.17, 15) is 9.59 Å². The Morgan fingerprint density at radius 1 is 1.33 bits per heavy atom. The highest BCUT2D eigenvalue weighted by Gasteiger charge is 2.19. The number of rotatable bonds is 8. The number of benzene rings is 1. The van der Waals surface area contributed by atoms with Crippen LogP contribution in [-0.2, 0) is 9.59 Å². The fourth-order valence-electron chi connectivity index (χ4n) is 1.66. The van der Waals surface area contributed by atoms with Crippen molar-refractivity contribution in [2.45, 2.75) is 19.4 Å². The van der Waals surface area contributed by atoms with Gasteiger partial charge >= 0.3 is 5.97 Å². The van der Waals surface area contributed by atoms with Crippen molar-refractivity contribution in [3.63, 3.8) is 0 Å². The molecule has 7 nitrogen and oxygen atoms in total. The van der Waals surface area contributed by atoms with Gasteiger partial charge in [0.1, 0.15) is 6.04 Å². The van der Waals surface area contributed by atoms with Gasteiger partial charge in [0, 0.05) is 13.0 Å². The number of aliphatic carboxylic acids is 1. The van der Waals surface area contributed by atoms with Gasteiger partial charge in [-0.05, 0) is 24.6 Å². The average Bonchev–Trinajstić information content (AvgIpc) is 2.45. The number of carbonyl (C=O) groups excluding carboxylic acids is 1. The first kappa shape index (κ1) is 16.8. The molecule has 1 rings (SSSR count). The third-order valence-electron chi connectivity index (χ3n) is 2.73. The van der Waals surface area contributed by atoms with E-state index in [-0.39, 0.29) is 19.6 Å². The fourth-order valence-corrected chi connectivity index (χ4v) is 1.66. The number of aryl methyl sites for hydroxylation is 1. The van der Waals surface area contributed by atoms with Crippen LogP contribution in [0.25, 0.3) is 0 Å². The molecule has 1 aromatic carbocycles. The second-order valence-electron chi connectivity index (χ2n) is 4.41. The van der Waals surface area contributed by atoms with Crippen LogP contribution in [0.3, 0.4) is 0 Å². The quantitative estimate of drug-likeness (QED) is 0.639. The molecule has 1 atom stereocenters. The summed E-state index contributed by atoms with van der Waals surface area (Å²) in [6, 6.07) is 4.11. The molecule has 0 bridgehead atoms. The average molecular weight is 297 g/mol. The Kier molecular flexibility index (Phi) is 6.48. The van der Waals surface area contributed by atoms with Gasteiger partial charge in [-0.2, -0.15) is 0 Å². The zero-order chi connectivity index (χ0) is 15.8. The summed E-state index contributed by atoms with van der Waals surface area (Å²) in [4.78, 5) is 22.5. The van der Waals surface area contributed by atoms with Crippen molar-refractivity contribution in [1.29, 1.82) is 0 Å². The van der Waals surface area contributed by atoms with Gasteiger partial charge < -0.3 is 25.0 Å². The molecule has 0 unspecified atom stereocenters. The molecule has 1 aromatic rings. The second kappa shape index (κ2) is 8.11. The van der Waals surface area contributed by atoms with Gasteiger partial charge in [0.15, 0.2) is 18.1 Å². The van der Waals surface area contributed by atoms with Crippen LogP contribution in [0.4, 0.5) is 0 Å². The molecule has 1 amide bonds. The number of carbonyl (C=O) groups is 2. The van der Waals surface area contributed by atoms with Crippen LogP contribution in [0.15, 0.2) is 18.2 Å². The summed E-state index contributed by atoms with van der Waals surface area (Å²) < 4.78 is 10.4. The number of aliphatic hydroxyl groups excluding tert-OH is 1. The zero-order valence-electron chi connectivity index (χ0n) is 12.0. The van der Waals surface area contributed by atoms with Gasteiger partial charge in [-0.3, -0.25) is 4.79 Å². The maximum atomic E-state index is 11.7. The molecule has 0 aliphatic heterocycles. The van der Waals surface area contributed by atoms with Gasteiger partial charge in [0.25, 0.3) is 5.91 Å². The molecular formula is C14H19NO6. The molecule has 0 saturated heterocycles. The molecule has 0 radical (unpaired) electrons. The van der Waals surface area contributed by atoms with Crippen LogP contribution in [0.5, 0.6) is 11.5 Å². The van der Waals surface area contributed by atoms with Crippen LogP contribution in [0.1, 0.15) is 12.0 Å². The van der Waals surface area contributed by atoms with E-state index in [4.69, 9.17) is 19.7 Å². The number of hydrogen-bond acceptors (Lipinski definition) is 5. The molecule has 7 heteroatoms. The van der Waals surface area contributed by atoms with Crippen molar-refractivity contribution >= 4 is 11.9 Å². The number of carboxylic acid groups (broad SMARTS) is 1. The van der Waals surface area contributed by atoms with E-state index >= 15 is 0 Å². The fraction of sp³-hybridized carbons (Fsp3) is 0.429. The van der Waals surface area contributed by atoms with Crippen LogP contribution in [0, 0.1) is 6.92 Å². The Hall–Kier alpha value is -2.28. The molecule has 0 aliphatic rings. The summed E-state index contributed by atoms with van der Waals surface area (Å²) >= 11 is 0. The Labute approximate surface area is 122 Å². The van der Waals surface area contributed by atoms with Crippen LogP contribution in [-0.4, -0.2) is 48.5 Å². The molecule has 0 saturated carbocycles. The van der Waals surface area contributed by atoms with Crippen molar-refractivity contribution in [2.24, 2.45) is 0 Å². The number of hydrogen-bond donors (Lipinski definition) is 3. The Morgan fingerprint density at radius 3 is 2.62 bits per heavy atom. The summed E-state index contributed by atoms with van der Waals surface area (Å²) in [5, 5.41) is 19.9. The van der Waals surface area contributed by atoms with Crippen molar-refractivity contribution < 1.29 is 29.3 Å². The highest BCUT2D eigenvalue weighted by Crippen LogP contribution is 2.27. The van der Waals surface area contributed by atoms with E-state index in [1.54, 1.807) is 12.1 Å².